The Morgan fingerprint density at radius 1 is 1.09 bits per heavy atom. The lowest BCUT2D eigenvalue weighted by Crippen LogP contribution is -2.35. The third kappa shape index (κ3) is 5.62. The summed E-state index contributed by atoms with van der Waals surface area (Å²) >= 11 is 5.72. The van der Waals surface area contributed by atoms with Gasteiger partial charge in [-0.1, -0.05) is 13.0 Å². The predicted molar refractivity (Wildman–Crippen MR) is 136 cm³/mol. The van der Waals surface area contributed by atoms with Crippen molar-refractivity contribution in [2.75, 3.05) is 11.9 Å². The Hall–Kier alpha value is -3.58. The van der Waals surface area contributed by atoms with Gasteiger partial charge in [-0.3, -0.25) is 4.79 Å². The number of nitrogens with one attached hydrogen (secondary N) is 2. The summed E-state index contributed by atoms with van der Waals surface area (Å²) < 4.78 is 11.0. The van der Waals surface area contributed by atoms with Gasteiger partial charge in [0.25, 0.3) is 5.56 Å². The van der Waals surface area contributed by atoms with Gasteiger partial charge in [0.05, 0.1) is 26.0 Å². The molecule has 33 heavy (non-hydrogen) atoms. The maximum absolute atomic E-state index is 12.8. The van der Waals surface area contributed by atoms with E-state index in [0.717, 1.165) is 34.5 Å². The highest BCUT2D eigenvalue weighted by molar-refractivity contribution is 7.80. The van der Waals surface area contributed by atoms with Gasteiger partial charge in [-0.25, -0.2) is 0 Å². The zero-order chi connectivity index (χ0) is 23.2. The minimum absolute atomic E-state index is 0.125. The Kier molecular flexibility index (Phi) is 7.10. The highest BCUT2D eigenvalue weighted by Crippen LogP contribution is 2.19. The fourth-order valence-electron chi connectivity index (χ4n) is 3.64. The normalized spacial score (nSPS) is 10.8. The van der Waals surface area contributed by atoms with Gasteiger partial charge in [0.15, 0.2) is 5.11 Å². The van der Waals surface area contributed by atoms with E-state index in [1.165, 1.54) is 5.56 Å². The maximum atomic E-state index is 12.8. The molecular formula is C26H27N3O3S. The quantitative estimate of drug-likeness (QED) is 0.339. The number of nitrogens with zero attached hydrogens (tertiary/aromatic N) is 1. The van der Waals surface area contributed by atoms with Gasteiger partial charge >= 0.3 is 0 Å². The minimum atomic E-state index is -0.125. The zero-order valence-corrected chi connectivity index (χ0v) is 19.6. The molecular weight excluding hydrogens is 434 g/mol. The monoisotopic (exact) mass is 461 g/mol. The molecule has 7 heteroatoms. The number of aromatic amines is 1. The predicted octanol–water partition coefficient (Wildman–Crippen LogP) is 5.48. The highest BCUT2D eigenvalue weighted by Gasteiger charge is 2.16. The van der Waals surface area contributed by atoms with Crippen molar-refractivity contribution in [1.29, 1.82) is 0 Å². The first kappa shape index (κ1) is 22.6. The van der Waals surface area contributed by atoms with Crippen molar-refractivity contribution in [3.05, 3.63) is 94.2 Å². The van der Waals surface area contributed by atoms with Crippen LogP contribution in [0.4, 0.5) is 5.69 Å². The van der Waals surface area contributed by atoms with E-state index in [0.29, 0.717) is 30.4 Å². The van der Waals surface area contributed by atoms with Crippen LogP contribution in [0.3, 0.4) is 0 Å². The second kappa shape index (κ2) is 10.4. The first-order chi connectivity index (χ1) is 16.1. The average Bonchev–Trinajstić information content (AvgIpc) is 3.33. The van der Waals surface area contributed by atoms with E-state index in [2.05, 4.69) is 23.3 Å². The molecule has 0 aliphatic heterocycles. The molecule has 0 saturated carbocycles. The van der Waals surface area contributed by atoms with Gasteiger partial charge < -0.3 is 24.4 Å². The summed E-state index contributed by atoms with van der Waals surface area (Å²) in [5.41, 5.74) is 3.40. The van der Waals surface area contributed by atoms with Crippen LogP contribution in [-0.4, -0.2) is 21.6 Å². The zero-order valence-electron chi connectivity index (χ0n) is 18.8. The summed E-state index contributed by atoms with van der Waals surface area (Å²) in [5, 5.41) is 4.77. The molecule has 4 rings (SSSR count). The van der Waals surface area contributed by atoms with Crippen LogP contribution >= 0.6 is 12.2 Å². The van der Waals surface area contributed by atoms with Gasteiger partial charge in [0.2, 0.25) is 0 Å². The van der Waals surface area contributed by atoms with Crippen LogP contribution in [0.1, 0.15) is 30.7 Å². The number of H-pyrrole nitrogens is 1. The molecule has 0 amide bonds. The number of aromatic nitrogens is 1. The summed E-state index contributed by atoms with van der Waals surface area (Å²) in [4.78, 5) is 17.7. The number of fused-ring (bicyclic) bond motifs is 1. The Balaban J connectivity index is 1.59. The van der Waals surface area contributed by atoms with Crippen molar-refractivity contribution in [3.63, 3.8) is 0 Å². The molecule has 0 spiro atoms. The third-order valence-corrected chi connectivity index (χ3v) is 5.75. The molecule has 0 aliphatic carbocycles. The van der Waals surface area contributed by atoms with Crippen LogP contribution < -0.4 is 15.6 Å². The van der Waals surface area contributed by atoms with E-state index >= 15 is 0 Å². The Morgan fingerprint density at radius 3 is 2.61 bits per heavy atom. The van der Waals surface area contributed by atoms with E-state index in [1.807, 2.05) is 66.4 Å². The highest BCUT2D eigenvalue weighted by atomic mass is 32.1. The summed E-state index contributed by atoms with van der Waals surface area (Å²) in [6, 6.07) is 19.4. The first-order valence-corrected chi connectivity index (χ1v) is 11.4. The van der Waals surface area contributed by atoms with E-state index in [9.17, 15) is 4.79 Å². The van der Waals surface area contributed by atoms with Gasteiger partial charge in [-0.2, -0.15) is 0 Å². The fraction of sp³-hybridized carbons (Fsp3) is 0.231. The van der Waals surface area contributed by atoms with Crippen LogP contribution in [-0.2, 0) is 19.5 Å². The molecule has 0 fully saturated rings. The molecule has 170 valence electrons. The number of rotatable bonds is 8. The first-order valence-electron chi connectivity index (χ1n) is 11.0. The van der Waals surface area contributed by atoms with Crippen LogP contribution in [0.15, 0.2) is 76.1 Å². The smallest absolute Gasteiger partial charge is 0.253 e. The second-order valence-corrected chi connectivity index (χ2v) is 8.11. The summed E-state index contributed by atoms with van der Waals surface area (Å²) in [6.07, 6.45) is 2.57. The molecule has 0 unspecified atom stereocenters. The largest absolute Gasteiger partial charge is 0.494 e. The molecule has 0 radical (unpaired) electrons. The number of benzene rings is 2. The van der Waals surface area contributed by atoms with Crippen molar-refractivity contribution in [2.45, 2.75) is 33.4 Å². The van der Waals surface area contributed by atoms with Gasteiger partial charge in [0, 0.05) is 16.8 Å². The van der Waals surface area contributed by atoms with E-state index in [-0.39, 0.29) is 5.56 Å². The third-order valence-electron chi connectivity index (χ3n) is 5.39. The van der Waals surface area contributed by atoms with Gasteiger partial charge in [0.1, 0.15) is 11.5 Å². The summed E-state index contributed by atoms with van der Waals surface area (Å²) in [6.45, 7) is 5.45. The van der Waals surface area contributed by atoms with Crippen molar-refractivity contribution < 1.29 is 9.15 Å². The molecule has 4 aromatic rings. The Morgan fingerprint density at radius 2 is 1.91 bits per heavy atom. The SMILES string of the molecule is CCOc1ccc(NC(=S)N(Cc2ccco2)Cc2cc3cc(CC)ccc3[nH]c2=O)cc1. The molecule has 2 aromatic carbocycles. The standard InChI is InChI=1S/C26H27N3O3S/c1-3-18-7-12-24-19(14-18)15-20(25(30)28-24)16-29(17-23-6-5-13-32-23)26(33)27-21-8-10-22(11-9-21)31-4-2/h5-15H,3-4,16-17H2,1-2H3,(H,27,33)(H,28,30). The number of pyridine rings is 1. The molecule has 2 heterocycles. The Labute approximate surface area is 198 Å². The number of furan rings is 1. The van der Waals surface area contributed by atoms with Crippen LogP contribution in [0.2, 0.25) is 0 Å². The molecule has 0 aliphatic rings. The van der Waals surface area contributed by atoms with Crippen molar-refractivity contribution in [1.82, 2.24) is 9.88 Å². The number of hydrogen-bond acceptors (Lipinski definition) is 4. The molecule has 0 atom stereocenters. The molecule has 2 N–H and O–H groups in total. The number of anilines is 1. The molecule has 2 aromatic heterocycles. The number of thiocarbonyl (C=S) groups is 1. The van der Waals surface area contributed by atoms with E-state index in [4.69, 9.17) is 21.4 Å². The second-order valence-electron chi connectivity index (χ2n) is 7.72. The Bertz CT molecular complexity index is 1280. The summed E-state index contributed by atoms with van der Waals surface area (Å²) in [7, 11) is 0. The lowest BCUT2D eigenvalue weighted by molar-refractivity contribution is 0.340. The lowest BCUT2D eigenvalue weighted by atomic mass is 10.1. The molecule has 6 nitrogen and oxygen atoms in total. The van der Waals surface area contributed by atoms with Crippen LogP contribution in [0, 0.1) is 0 Å². The van der Waals surface area contributed by atoms with Crippen molar-refractivity contribution in [3.8, 4) is 5.75 Å². The van der Waals surface area contributed by atoms with Crippen LogP contribution in [0.5, 0.6) is 5.75 Å². The van der Waals surface area contributed by atoms with Crippen molar-refractivity contribution >= 4 is 33.9 Å². The number of aryl methyl sites for hydroxylation is 1. The minimum Gasteiger partial charge on any atom is -0.494 e. The number of hydrogen-bond donors (Lipinski definition) is 2. The van der Waals surface area contributed by atoms with Gasteiger partial charge in [-0.05, 0) is 91.1 Å². The van der Waals surface area contributed by atoms with Crippen molar-refractivity contribution in [2.24, 2.45) is 0 Å². The van der Waals surface area contributed by atoms with E-state index in [1.54, 1.807) is 6.26 Å². The number of ether oxygens (including phenoxy) is 1. The van der Waals surface area contributed by atoms with Crippen LogP contribution in [0.25, 0.3) is 10.9 Å². The van der Waals surface area contributed by atoms with Gasteiger partial charge in [-0.15, -0.1) is 0 Å². The fourth-order valence-corrected chi connectivity index (χ4v) is 3.89. The van der Waals surface area contributed by atoms with E-state index < -0.39 is 0 Å². The summed E-state index contributed by atoms with van der Waals surface area (Å²) in [5.74, 6) is 1.56. The average molecular weight is 462 g/mol. The topological polar surface area (TPSA) is 70.5 Å². The molecule has 0 saturated heterocycles. The maximum Gasteiger partial charge on any atom is 0.253 e. The lowest BCUT2D eigenvalue weighted by Gasteiger charge is -2.25. The molecule has 0 bridgehead atoms.